The molecule has 0 bridgehead atoms. The van der Waals surface area contributed by atoms with Crippen molar-refractivity contribution in [2.75, 3.05) is 0 Å². The van der Waals surface area contributed by atoms with E-state index in [0.29, 0.717) is 19.3 Å². The second-order valence-corrected chi connectivity index (χ2v) is 5.85. The van der Waals surface area contributed by atoms with Crippen molar-refractivity contribution in [3.8, 4) is 0 Å². The van der Waals surface area contributed by atoms with Crippen molar-refractivity contribution in [2.45, 2.75) is 51.3 Å². The molecule has 0 saturated heterocycles. The van der Waals surface area contributed by atoms with Crippen LogP contribution in [0.1, 0.15) is 36.8 Å². The molecule has 0 radical (unpaired) electrons. The van der Waals surface area contributed by atoms with Crippen LogP contribution < -0.4 is 0 Å². The van der Waals surface area contributed by atoms with E-state index < -0.39 is 24.1 Å². The molecule has 0 heterocycles. The van der Waals surface area contributed by atoms with Gasteiger partial charge >= 0.3 is 6.18 Å². The Morgan fingerprint density at radius 2 is 1.75 bits per heavy atom. The van der Waals surface area contributed by atoms with Gasteiger partial charge in [0.05, 0.1) is 12.0 Å². The number of aryl methyl sites for hydroxylation is 1. The fraction of sp³-hybridized carbons (Fsp3) is 0.625. The lowest BCUT2D eigenvalue weighted by molar-refractivity contribution is -0.206. The van der Waals surface area contributed by atoms with Crippen LogP contribution in [0.5, 0.6) is 0 Å². The number of alkyl halides is 3. The lowest BCUT2D eigenvalue weighted by atomic mass is 9.74. The maximum absolute atomic E-state index is 13.0. The minimum Gasteiger partial charge on any atom is -0.392 e. The van der Waals surface area contributed by atoms with E-state index >= 15 is 0 Å². The third-order valence-electron chi connectivity index (χ3n) is 4.30. The van der Waals surface area contributed by atoms with E-state index in [9.17, 15) is 18.3 Å². The maximum atomic E-state index is 13.0. The quantitative estimate of drug-likeness (QED) is 0.880. The molecule has 112 valence electrons. The normalized spacial score (nSPS) is 25.4. The van der Waals surface area contributed by atoms with Crippen molar-refractivity contribution in [2.24, 2.45) is 11.8 Å². The van der Waals surface area contributed by atoms with E-state index in [1.54, 1.807) is 0 Å². The standard InChI is InChI=1S/C16H21F3O/c1-11-6-8-12(9-7-11)10-15(20)13-4-2-3-5-14(13)16(17,18)19/h6-9,13-15,20H,2-5,10H2,1H3. The molecule has 1 aromatic rings. The van der Waals surface area contributed by atoms with E-state index in [1.807, 2.05) is 31.2 Å². The predicted octanol–water partition coefficient (Wildman–Crippen LogP) is 4.27. The van der Waals surface area contributed by atoms with Gasteiger partial charge in [0.2, 0.25) is 0 Å². The summed E-state index contributed by atoms with van der Waals surface area (Å²) in [5.74, 6) is -2.01. The Bertz CT molecular complexity index is 424. The van der Waals surface area contributed by atoms with Crippen molar-refractivity contribution in [3.05, 3.63) is 35.4 Å². The third-order valence-corrected chi connectivity index (χ3v) is 4.30. The zero-order valence-electron chi connectivity index (χ0n) is 11.7. The average Bonchev–Trinajstić information content (AvgIpc) is 2.40. The van der Waals surface area contributed by atoms with Gasteiger partial charge < -0.3 is 5.11 Å². The van der Waals surface area contributed by atoms with Gasteiger partial charge in [-0.05, 0) is 37.7 Å². The van der Waals surface area contributed by atoms with Gasteiger partial charge in [0.15, 0.2) is 0 Å². The van der Waals surface area contributed by atoms with Gasteiger partial charge in [-0.25, -0.2) is 0 Å². The smallest absolute Gasteiger partial charge is 0.392 e. The Labute approximate surface area is 117 Å². The van der Waals surface area contributed by atoms with E-state index in [4.69, 9.17) is 0 Å². The van der Waals surface area contributed by atoms with Crippen molar-refractivity contribution >= 4 is 0 Å². The molecule has 4 heteroatoms. The number of aliphatic hydroxyl groups excluding tert-OH is 1. The van der Waals surface area contributed by atoms with E-state index in [2.05, 4.69) is 0 Å². The zero-order chi connectivity index (χ0) is 14.8. The van der Waals surface area contributed by atoms with Crippen LogP contribution in [0.25, 0.3) is 0 Å². The fourth-order valence-corrected chi connectivity index (χ4v) is 3.14. The van der Waals surface area contributed by atoms with Crippen molar-refractivity contribution < 1.29 is 18.3 Å². The van der Waals surface area contributed by atoms with Gasteiger partial charge in [-0.2, -0.15) is 13.2 Å². The molecule has 0 aromatic heterocycles. The summed E-state index contributed by atoms with van der Waals surface area (Å²) in [7, 11) is 0. The van der Waals surface area contributed by atoms with E-state index in [0.717, 1.165) is 17.5 Å². The molecule has 1 N–H and O–H groups in total. The molecule has 0 amide bonds. The molecule has 1 nitrogen and oxygen atoms in total. The average molecular weight is 286 g/mol. The minimum atomic E-state index is -4.20. The first-order valence-electron chi connectivity index (χ1n) is 7.18. The summed E-state index contributed by atoms with van der Waals surface area (Å²) < 4.78 is 39.1. The maximum Gasteiger partial charge on any atom is 0.392 e. The van der Waals surface area contributed by atoms with Crippen LogP contribution in [0.3, 0.4) is 0 Å². The summed E-state index contributed by atoms with van der Waals surface area (Å²) >= 11 is 0. The van der Waals surface area contributed by atoms with Crippen LogP contribution in [0.4, 0.5) is 13.2 Å². The van der Waals surface area contributed by atoms with Gasteiger partial charge in [0.1, 0.15) is 0 Å². The predicted molar refractivity (Wildman–Crippen MR) is 72.4 cm³/mol. The molecular formula is C16H21F3O. The van der Waals surface area contributed by atoms with Crippen molar-refractivity contribution in [3.63, 3.8) is 0 Å². The molecule has 2 rings (SSSR count). The van der Waals surface area contributed by atoms with Crippen LogP contribution in [0.15, 0.2) is 24.3 Å². The Balaban J connectivity index is 2.06. The molecule has 1 aromatic carbocycles. The number of hydrogen-bond acceptors (Lipinski definition) is 1. The SMILES string of the molecule is Cc1ccc(CC(O)C2CCCCC2C(F)(F)F)cc1. The minimum absolute atomic E-state index is 0.152. The summed E-state index contributed by atoms with van der Waals surface area (Å²) in [4.78, 5) is 0. The Kier molecular flexibility index (Phi) is 4.74. The second-order valence-electron chi connectivity index (χ2n) is 5.85. The monoisotopic (exact) mass is 286 g/mol. The van der Waals surface area contributed by atoms with Crippen LogP contribution in [0.2, 0.25) is 0 Å². The fourth-order valence-electron chi connectivity index (χ4n) is 3.14. The molecule has 1 aliphatic carbocycles. The zero-order valence-corrected chi connectivity index (χ0v) is 11.7. The number of benzene rings is 1. The molecular weight excluding hydrogens is 265 g/mol. The summed E-state index contributed by atoms with van der Waals surface area (Å²) in [5, 5.41) is 10.2. The lowest BCUT2D eigenvalue weighted by Crippen LogP contribution is -2.40. The van der Waals surface area contributed by atoms with E-state index in [-0.39, 0.29) is 6.42 Å². The van der Waals surface area contributed by atoms with Crippen molar-refractivity contribution in [1.29, 1.82) is 0 Å². The van der Waals surface area contributed by atoms with Gasteiger partial charge in [-0.3, -0.25) is 0 Å². The summed E-state index contributed by atoms with van der Waals surface area (Å²) in [5.41, 5.74) is 2.00. The molecule has 3 atom stereocenters. The highest BCUT2D eigenvalue weighted by Gasteiger charge is 2.47. The van der Waals surface area contributed by atoms with Gasteiger partial charge in [0.25, 0.3) is 0 Å². The number of aliphatic hydroxyl groups is 1. The Morgan fingerprint density at radius 1 is 1.15 bits per heavy atom. The molecule has 0 spiro atoms. The molecule has 1 saturated carbocycles. The van der Waals surface area contributed by atoms with Gasteiger partial charge in [0, 0.05) is 0 Å². The molecule has 3 unspecified atom stereocenters. The first-order chi connectivity index (χ1) is 9.38. The topological polar surface area (TPSA) is 20.2 Å². The van der Waals surface area contributed by atoms with Crippen LogP contribution in [-0.2, 0) is 6.42 Å². The first kappa shape index (κ1) is 15.4. The second kappa shape index (κ2) is 6.17. The van der Waals surface area contributed by atoms with Crippen molar-refractivity contribution in [1.82, 2.24) is 0 Å². The molecule has 0 aliphatic heterocycles. The largest absolute Gasteiger partial charge is 0.392 e. The summed E-state index contributed by atoms with van der Waals surface area (Å²) in [6.07, 6.45) is -2.79. The summed E-state index contributed by atoms with van der Waals surface area (Å²) in [6, 6.07) is 7.60. The summed E-state index contributed by atoms with van der Waals surface area (Å²) in [6.45, 7) is 1.96. The number of rotatable bonds is 3. The molecule has 20 heavy (non-hydrogen) atoms. The van der Waals surface area contributed by atoms with E-state index in [1.165, 1.54) is 0 Å². The Morgan fingerprint density at radius 3 is 2.35 bits per heavy atom. The highest BCUT2D eigenvalue weighted by atomic mass is 19.4. The highest BCUT2D eigenvalue weighted by molar-refractivity contribution is 5.22. The number of halogens is 3. The highest BCUT2D eigenvalue weighted by Crippen LogP contribution is 2.43. The number of hydrogen-bond donors (Lipinski definition) is 1. The first-order valence-corrected chi connectivity index (χ1v) is 7.18. The lowest BCUT2D eigenvalue weighted by Gasteiger charge is -2.36. The molecule has 1 fully saturated rings. The van der Waals surface area contributed by atoms with Crippen LogP contribution in [0, 0.1) is 18.8 Å². The van der Waals surface area contributed by atoms with Crippen LogP contribution >= 0.6 is 0 Å². The third kappa shape index (κ3) is 3.75. The molecule has 1 aliphatic rings. The van der Waals surface area contributed by atoms with Gasteiger partial charge in [-0.1, -0.05) is 42.7 Å². The van der Waals surface area contributed by atoms with Gasteiger partial charge in [-0.15, -0.1) is 0 Å². The Hall–Kier alpha value is -1.03. The van der Waals surface area contributed by atoms with Crippen LogP contribution in [-0.4, -0.2) is 17.4 Å².